The molecule has 1 aliphatic heterocycles. The first-order valence-corrected chi connectivity index (χ1v) is 9.80. The third-order valence-corrected chi connectivity index (χ3v) is 5.37. The molecule has 1 aliphatic rings. The number of amides is 1. The summed E-state index contributed by atoms with van der Waals surface area (Å²) >= 11 is 7.01. The van der Waals surface area contributed by atoms with Gasteiger partial charge in [-0.3, -0.25) is 4.79 Å². The van der Waals surface area contributed by atoms with Crippen LogP contribution in [0.25, 0.3) is 0 Å². The summed E-state index contributed by atoms with van der Waals surface area (Å²) in [6, 6.07) is 10.9. The van der Waals surface area contributed by atoms with Gasteiger partial charge in [0, 0.05) is 31.0 Å². The van der Waals surface area contributed by atoms with Crippen LogP contribution in [0.5, 0.6) is 0 Å². The summed E-state index contributed by atoms with van der Waals surface area (Å²) in [4.78, 5) is 14.3. The van der Waals surface area contributed by atoms with Crippen molar-refractivity contribution in [3.8, 4) is 0 Å². The topological polar surface area (TPSA) is 94.1 Å². The second kappa shape index (κ2) is 9.38. The summed E-state index contributed by atoms with van der Waals surface area (Å²) in [5, 5.41) is 25.8. The largest absolute Gasteiger partial charge is 0.389 e. The Kier molecular flexibility index (Phi) is 6.92. The summed E-state index contributed by atoms with van der Waals surface area (Å²) in [5.74, 6) is -0.251. The molecule has 1 amide bonds. The van der Waals surface area contributed by atoms with Crippen molar-refractivity contribution in [2.24, 2.45) is 0 Å². The molecule has 0 bridgehead atoms. The fraction of sp³-hybridized carbons (Fsp3) is 0.389. The SMILES string of the molecule is O=C(NC[C@H](O)CNc1ccc(N2CCOCC2O)cc1)c1ccc(Cl)s1. The van der Waals surface area contributed by atoms with Crippen LogP contribution in [0.2, 0.25) is 4.34 Å². The zero-order chi connectivity index (χ0) is 19.2. The third kappa shape index (κ3) is 5.57. The Balaban J connectivity index is 1.43. The fourth-order valence-corrected chi connectivity index (χ4v) is 3.66. The molecule has 1 fully saturated rings. The predicted octanol–water partition coefficient (Wildman–Crippen LogP) is 1.76. The molecule has 9 heteroatoms. The van der Waals surface area contributed by atoms with Gasteiger partial charge in [0.15, 0.2) is 6.23 Å². The van der Waals surface area contributed by atoms with E-state index in [1.807, 2.05) is 29.2 Å². The Morgan fingerprint density at radius 1 is 1.30 bits per heavy atom. The maximum atomic E-state index is 11.9. The molecule has 2 atom stereocenters. The Bertz CT molecular complexity index is 755. The number of thiophene rings is 1. The Labute approximate surface area is 166 Å². The minimum absolute atomic E-state index is 0.138. The summed E-state index contributed by atoms with van der Waals surface area (Å²) in [6.45, 7) is 1.97. The van der Waals surface area contributed by atoms with E-state index >= 15 is 0 Å². The van der Waals surface area contributed by atoms with Crippen LogP contribution >= 0.6 is 22.9 Å². The third-order valence-electron chi connectivity index (χ3n) is 4.14. The van der Waals surface area contributed by atoms with E-state index in [0.29, 0.717) is 35.5 Å². The highest BCUT2D eigenvalue weighted by molar-refractivity contribution is 7.17. The Morgan fingerprint density at radius 2 is 2.07 bits per heavy atom. The van der Waals surface area contributed by atoms with Crippen molar-refractivity contribution in [1.82, 2.24) is 5.32 Å². The second-order valence-electron chi connectivity index (χ2n) is 6.14. The van der Waals surface area contributed by atoms with Gasteiger partial charge in [-0.1, -0.05) is 11.6 Å². The molecule has 146 valence electrons. The predicted molar refractivity (Wildman–Crippen MR) is 107 cm³/mol. The van der Waals surface area contributed by atoms with Gasteiger partial charge >= 0.3 is 0 Å². The van der Waals surface area contributed by atoms with Crippen LogP contribution in [0.15, 0.2) is 36.4 Å². The van der Waals surface area contributed by atoms with Crippen molar-refractivity contribution in [3.63, 3.8) is 0 Å². The first kappa shape index (κ1) is 19.9. The van der Waals surface area contributed by atoms with Crippen LogP contribution in [-0.4, -0.2) is 61.3 Å². The van der Waals surface area contributed by atoms with Crippen molar-refractivity contribution >= 4 is 40.2 Å². The number of benzene rings is 1. The molecule has 3 rings (SSSR count). The number of nitrogens with zero attached hydrogens (tertiary/aromatic N) is 1. The van der Waals surface area contributed by atoms with Crippen LogP contribution in [0, 0.1) is 0 Å². The van der Waals surface area contributed by atoms with Crippen molar-refractivity contribution in [2.45, 2.75) is 12.3 Å². The van der Waals surface area contributed by atoms with Gasteiger partial charge in [-0.15, -0.1) is 11.3 Å². The lowest BCUT2D eigenvalue weighted by atomic mass is 10.2. The quantitative estimate of drug-likeness (QED) is 0.554. The highest BCUT2D eigenvalue weighted by Crippen LogP contribution is 2.22. The number of anilines is 2. The van der Waals surface area contributed by atoms with Gasteiger partial charge in [0.1, 0.15) is 0 Å². The number of morpholine rings is 1. The van der Waals surface area contributed by atoms with Crippen molar-refractivity contribution in [2.75, 3.05) is 43.1 Å². The Morgan fingerprint density at radius 3 is 2.74 bits per heavy atom. The van der Waals surface area contributed by atoms with E-state index in [0.717, 1.165) is 11.4 Å². The molecule has 1 saturated heterocycles. The highest BCUT2D eigenvalue weighted by atomic mass is 35.5. The van der Waals surface area contributed by atoms with E-state index in [1.165, 1.54) is 11.3 Å². The highest BCUT2D eigenvalue weighted by Gasteiger charge is 2.20. The van der Waals surface area contributed by atoms with Gasteiger partial charge < -0.3 is 30.5 Å². The minimum Gasteiger partial charge on any atom is -0.389 e. The van der Waals surface area contributed by atoms with Crippen molar-refractivity contribution in [1.29, 1.82) is 0 Å². The molecule has 1 unspecified atom stereocenters. The van der Waals surface area contributed by atoms with Crippen LogP contribution in [0.4, 0.5) is 11.4 Å². The molecule has 27 heavy (non-hydrogen) atoms. The van der Waals surface area contributed by atoms with Gasteiger partial charge in [-0.05, 0) is 36.4 Å². The average Bonchev–Trinajstić information content (AvgIpc) is 3.12. The van der Waals surface area contributed by atoms with E-state index in [4.69, 9.17) is 16.3 Å². The lowest BCUT2D eigenvalue weighted by Gasteiger charge is -2.33. The van der Waals surface area contributed by atoms with Crippen molar-refractivity contribution < 1.29 is 19.7 Å². The molecule has 2 aromatic rings. The number of aliphatic hydroxyl groups excluding tert-OH is 2. The number of halogens is 1. The van der Waals surface area contributed by atoms with Gasteiger partial charge in [0.05, 0.1) is 28.5 Å². The first-order chi connectivity index (χ1) is 13.0. The molecule has 1 aromatic heterocycles. The van der Waals surface area contributed by atoms with E-state index in [1.54, 1.807) is 12.1 Å². The zero-order valence-corrected chi connectivity index (χ0v) is 16.2. The maximum Gasteiger partial charge on any atom is 0.261 e. The lowest BCUT2D eigenvalue weighted by molar-refractivity contribution is 0.00633. The van der Waals surface area contributed by atoms with Crippen molar-refractivity contribution in [3.05, 3.63) is 45.6 Å². The second-order valence-corrected chi connectivity index (χ2v) is 7.86. The summed E-state index contributed by atoms with van der Waals surface area (Å²) in [7, 11) is 0. The van der Waals surface area contributed by atoms with Gasteiger partial charge in [-0.2, -0.15) is 0 Å². The molecule has 0 saturated carbocycles. The lowest BCUT2D eigenvalue weighted by Crippen LogP contribution is -2.45. The molecule has 2 heterocycles. The maximum absolute atomic E-state index is 11.9. The molecule has 1 aromatic carbocycles. The number of rotatable bonds is 7. The number of hydrogen-bond donors (Lipinski definition) is 4. The van der Waals surface area contributed by atoms with Gasteiger partial charge in [0.25, 0.3) is 5.91 Å². The van der Waals surface area contributed by atoms with Crippen LogP contribution in [0.3, 0.4) is 0 Å². The molecule has 7 nitrogen and oxygen atoms in total. The summed E-state index contributed by atoms with van der Waals surface area (Å²) in [6.07, 6.45) is -1.37. The molecule has 0 spiro atoms. The smallest absolute Gasteiger partial charge is 0.261 e. The molecule has 0 radical (unpaired) electrons. The number of carbonyl (C=O) groups excluding carboxylic acids is 1. The zero-order valence-electron chi connectivity index (χ0n) is 14.6. The van der Waals surface area contributed by atoms with Crippen LogP contribution in [0.1, 0.15) is 9.67 Å². The standard InChI is InChI=1S/C18H22ClN3O4S/c19-16-6-5-15(27-16)18(25)21-10-14(23)9-20-12-1-3-13(4-2-12)22-7-8-26-11-17(22)24/h1-6,14,17,20,23-24H,7-11H2,(H,21,25)/t14-,17?/m1/s1. The average molecular weight is 412 g/mol. The first-order valence-electron chi connectivity index (χ1n) is 8.61. The molecule has 0 aliphatic carbocycles. The van der Waals surface area contributed by atoms with Gasteiger partial charge in [-0.25, -0.2) is 0 Å². The molecular formula is C18H22ClN3O4S. The molecular weight excluding hydrogens is 390 g/mol. The van der Waals surface area contributed by atoms with E-state index in [9.17, 15) is 15.0 Å². The monoisotopic (exact) mass is 411 g/mol. The summed E-state index contributed by atoms with van der Waals surface area (Å²) < 4.78 is 5.77. The van der Waals surface area contributed by atoms with E-state index in [2.05, 4.69) is 10.6 Å². The van der Waals surface area contributed by atoms with Crippen LogP contribution in [-0.2, 0) is 4.74 Å². The van der Waals surface area contributed by atoms with Gasteiger partial charge in [0.2, 0.25) is 0 Å². The minimum atomic E-state index is -0.731. The van der Waals surface area contributed by atoms with E-state index < -0.39 is 12.3 Å². The number of ether oxygens (including phenoxy) is 1. The Hall–Kier alpha value is -1.84. The summed E-state index contributed by atoms with van der Waals surface area (Å²) in [5.41, 5.74) is 1.76. The number of carbonyl (C=O) groups is 1. The van der Waals surface area contributed by atoms with E-state index in [-0.39, 0.29) is 12.5 Å². The normalized spacial score (nSPS) is 18.2. The number of nitrogens with one attached hydrogen (secondary N) is 2. The molecule has 4 N–H and O–H groups in total. The fourth-order valence-electron chi connectivity index (χ4n) is 2.70. The van der Waals surface area contributed by atoms with Crippen LogP contribution < -0.4 is 15.5 Å². The number of aliphatic hydroxyl groups is 2. The number of hydrogen-bond acceptors (Lipinski definition) is 7.